The van der Waals surface area contributed by atoms with Crippen molar-refractivity contribution in [3.63, 3.8) is 0 Å². The number of hydrogen-bond donors (Lipinski definition) is 1. The Morgan fingerprint density at radius 1 is 1.00 bits per heavy atom. The zero-order valence-corrected chi connectivity index (χ0v) is 10.9. The molecule has 0 radical (unpaired) electrons. The van der Waals surface area contributed by atoms with Crippen LogP contribution >= 0.6 is 0 Å². The second-order valence-corrected chi connectivity index (χ2v) is 0.892. The third-order valence-electron chi connectivity index (χ3n) is 0.381. The van der Waals surface area contributed by atoms with E-state index < -0.39 is 0 Å². The normalized spacial score (nSPS) is 4.20. The first kappa shape index (κ1) is 46.5. The Kier molecular flexibility index (Phi) is 258. The molecule has 0 saturated carbocycles. The van der Waals surface area contributed by atoms with Crippen molar-refractivity contribution in [1.82, 2.24) is 0 Å². The van der Waals surface area contributed by atoms with Gasteiger partial charge in [-0.2, -0.15) is 0 Å². The van der Waals surface area contributed by atoms with E-state index in [4.69, 9.17) is 11.5 Å². The van der Waals surface area contributed by atoms with E-state index in [9.17, 15) is 0 Å². The monoisotopic (exact) mass is 197 g/mol. The fraction of sp³-hybridized carbons (Fsp3) is 0.429. The fourth-order valence-electron chi connectivity index (χ4n) is 0.102. The molecule has 0 aliphatic rings. The summed E-state index contributed by atoms with van der Waals surface area (Å²) in [4.78, 5) is 0. The van der Waals surface area contributed by atoms with Gasteiger partial charge < -0.3 is 41.2 Å². The Morgan fingerprint density at radius 2 is 1.30 bits per heavy atom. The quantitative estimate of drug-likeness (QED) is 0.537. The van der Waals surface area contributed by atoms with Gasteiger partial charge in [0, 0.05) is 19.5 Å². The number of nitrogens with one attached hydrogen (secondary N) is 1. The van der Waals surface area contributed by atoms with Gasteiger partial charge in [0.25, 0.3) is 0 Å². The van der Waals surface area contributed by atoms with Crippen molar-refractivity contribution in [2.45, 2.75) is 6.42 Å². The molecule has 0 atom stereocenters. The van der Waals surface area contributed by atoms with E-state index in [1.165, 1.54) is 0 Å². The molecular weight excluding hydrogens is 177 g/mol. The van der Waals surface area contributed by atoms with Gasteiger partial charge in [0.15, 0.2) is 0 Å². The number of nitrogens with two attached hydrogens (primary N) is 1. The summed E-state index contributed by atoms with van der Waals surface area (Å²) in [7, 11) is 0. The first-order chi connectivity index (χ1) is 2.41. The SMILES string of the molecule is [CH3-].[CH3-].[CH3-].[CH3-].[NH-]CCCN.[Zn]. The van der Waals surface area contributed by atoms with Crippen molar-refractivity contribution in [1.29, 1.82) is 0 Å². The van der Waals surface area contributed by atoms with Gasteiger partial charge in [0.2, 0.25) is 0 Å². The summed E-state index contributed by atoms with van der Waals surface area (Å²) in [5, 5.41) is 0. The second kappa shape index (κ2) is 55.5. The van der Waals surface area contributed by atoms with Crippen LogP contribution in [0.15, 0.2) is 0 Å². The van der Waals surface area contributed by atoms with Crippen LogP contribution in [0.4, 0.5) is 0 Å². The van der Waals surface area contributed by atoms with E-state index in [0.717, 1.165) is 6.42 Å². The third-order valence-corrected chi connectivity index (χ3v) is 0.381. The molecule has 0 amide bonds. The maximum Gasteiger partial charge on any atom is 0 e. The van der Waals surface area contributed by atoms with Crippen LogP contribution in [0, 0.1) is 29.7 Å². The molecule has 0 unspecified atom stereocenters. The van der Waals surface area contributed by atoms with Crippen molar-refractivity contribution in [2.75, 3.05) is 13.1 Å². The molecule has 0 aromatic carbocycles. The minimum absolute atomic E-state index is 0. The molecule has 0 aromatic heterocycles. The van der Waals surface area contributed by atoms with Gasteiger partial charge in [-0.05, 0) is 6.54 Å². The number of hydrogen-bond acceptors (Lipinski definition) is 1. The molecule has 2 nitrogen and oxygen atoms in total. The molecule has 3 N–H and O–H groups in total. The first-order valence-corrected chi connectivity index (χ1v) is 1.76. The van der Waals surface area contributed by atoms with Crippen molar-refractivity contribution >= 4 is 0 Å². The fourth-order valence-corrected chi connectivity index (χ4v) is 0.102. The average molecular weight is 199 g/mol. The van der Waals surface area contributed by atoms with E-state index in [1.807, 2.05) is 0 Å². The molecule has 0 aliphatic carbocycles. The minimum Gasteiger partial charge on any atom is -0.677 e. The van der Waals surface area contributed by atoms with Crippen LogP contribution in [0.1, 0.15) is 6.42 Å². The smallest absolute Gasteiger partial charge is 0 e. The Bertz CT molecular complexity index is 19.1. The largest absolute Gasteiger partial charge is 0.677 e. The van der Waals surface area contributed by atoms with Crippen LogP contribution in [0.5, 0.6) is 0 Å². The molecule has 0 aromatic rings. The van der Waals surface area contributed by atoms with Crippen molar-refractivity contribution < 1.29 is 19.5 Å². The molecule has 10 heavy (non-hydrogen) atoms. The molecule has 3 heteroatoms. The standard InChI is InChI=1S/C3H9N2.4CH3.Zn/c4-2-1-3-5;;;;;/h4H,1-3,5H2;4*1H3;/q5*-1;. The Balaban J connectivity index is -0.00000000800. The van der Waals surface area contributed by atoms with E-state index in [-0.39, 0.29) is 49.2 Å². The van der Waals surface area contributed by atoms with Crippen molar-refractivity contribution in [3.05, 3.63) is 35.4 Å². The molecule has 0 spiro atoms. The summed E-state index contributed by atoms with van der Waals surface area (Å²) in [6.45, 7) is 1.12. The maximum absolute atomic E-state index is 6.52. The van der Waals surface area contributed by atoms with E-state index in [0.29, 0.717) is 13.1 Å². The van der Waals surface area contributed by atoms with Gasteiger partial charge in [0.1, 0.15) is 0 Å². The predicted molar refractivity (Wildman–Crippen MR) is 48.5 cm³/mol. The minimum atomic E-state index is 0. The molecule has 66 valence electrons. The average Bonchev–Trinajstić information content (AvgIpc) is 1.41. The zero-order valence-electron chi connectivity index (χ0n) is 7.91. The molecule has 0 saturated heterocycles. The molecule has 0 aliphatic heterocycles. The summed E-state index contributed by atoms with van der Waals surface area (Å²) in [5.41, 5.74) is 11.5. The predicted octanol–water partition coefficient (Wildman–Crippen LogP) is 2.19. The van der Waals surface area contributed by atoms with Gasteiger partial charge in [-0.3, -0.25) is 0 Å². The Hall–Kier alpha value is 0.543. The molecular formula is C7H21N2Zn-5. The third kappa shape index (κ3) is 75.2. The van der Waals surface area contributed by atoms with E-state index >= 15 is 0 Å². The summed E-state index contributed by atoms with van der Waals surface area (Å²) in [6, 6.07) is 0. The topological polar surface area (TPSA) is 49.8 Å². The summed E-state index contributed by atoms with van der Waals surface area (Å²) in [5.74, 6) is 0. The van der Waals surface area contributed by atoms with Crippen molar-refractivity contribution in [3.8, 4) is 0 Å². The van der Waals surface area contributed by atoms with Crippen LogP contribution < -0.4 is 5.73 Å². The van der Waals surface area contributed by atoms with E-state index in [1.54, 1.807) is 0 Å². The van der Waals surface area contributed by atoms with Gasteiger partial charge in [-0.25, -0.2) is 0 Å². The van der Waals surface area contributed by atoms with Crippen LogP contribution in [-0.2, 0) is 19.5 Å². The summed E-state index contributed by atoms with van der Waals surface area (Å²) < 4.78 is 0. The van der Waals surface area contributed by atoms with Crippen molar-refractivity contribution in [2.24, 2.45) is 5.73 Å². The molecule has 0 heterocycles. The van der Waals surface area contributed by atoms with Crippen LogP contribution in [0.3, 0.4) is 0 Å². The first-order valence-electron chi connectivity index (χ1n) is 1.76. The molecule has 0 bridgehead atoms. The van der Waals surface area contributed by atoms with Gasteiger partial charge >= 0.3 is 0 Å². The molecule has 0 rings (SSSR count). The summed E-state index contributed by atoms with van der Waals surface area (Å²) >= 11 is 0. The van der Waals surface area contributed by atoms with E-state index in [2.05, 4.69) is 0 Å². The van der Waals surface area contributed by atoms with Gasteiger partial charge in [-0.15, -0.1) is 6.54 Å². The summed E-state index contributed by atoms with van der Waals surface area (Å²) in [6.07, 6.45) is 0.833. The van der Waals surface area contributed by atoms with Gasteiger partial charge in [0.05, 0.1) is 0 Å². The second-order valence-electron chi connectivity index (χ2n) is 0.892. The van der Waals surface area contributed by atoms with Crippen LogP contribution in [0.2, 0.25) is 0 Å². The van der Waals surface area contributed by atoms with Gasteiger partial charge in [-0.1, -0.05) is 6.42 Å². The maximum atomic E-state index is 6.52. The Labute approximate surface area is 80.5 Å². The number of rotatable bonds is 2. The van der Waals surface area contributed by atoms with Crippen LogP contribution in [-0.4, -0.2) is 13.1 Å². The Morgan fingerprint density at radius 3 is 1.30 bits per heavy atom. The zero-order chi connectivity index (χ0) is 4.12. The molecule has 0 fully saturated rings. The van der Waals surface area contributed by atoms with Crippen LogP contribution in [0.25, 0.3) is 5.73 Å².